The van der Waals surface area contributed by atoms with Crippen molar-refractivity contribution in [2.24, 2.45) is 0 Å². The van der Waals surface area contributed by atoms with Crippen molar-refractivity contribution in [2.75, 3.05) is 0 Å². The minimum atomic E-state index is -0.318. The number of nitrogens with one attached hydrogen (secondary N) is 1. The van der Waals surface area contributed by atoms with E-state index in [1.165, 1.54) is 0 Å². The molecule has 2 aromatic rings. The molecule has 0 saturated heterocycles. The zero-order chi connectivity index (χ0) is 13.1. The highest BCUT2D eigenvalue weighted by molar-refractivity contribution is 7.80. The van der Waals surface area contributed by atoms with Gasteiger partial charge in [0.15, 0.2) is 5.78 Å². The van der Waals surface area contributed by atoms with Gasteiger partial charge >= 0.3 is 0 Å². The lowest BCUT2D eigenvalue weighted by atomic mass is 10.1. The standard InChI is InChI=1S/C13H12N2O2S/c1-8-12(18)13(17)15-11(14-8)7-10(16)9-5-3-2-4-6-9/h2-6,18H,7H2,1H3,(H,14,15,17). The molecule has 18 heavy (non-hydrogen) atoms. The third-order valence-electron chi connectivity index (χ3n) is 2.54. The third kappa shape index (κ3) is 2.68. The number of hydrogen-bond donors (Lipinski definition) is 2. The summed E-state index contributed by atoms with van der Waals surface area (Å²) < 4.78 is 0. The van der Waals surface area contributed by atoms with E-state index in [2.05, 4.69) is 22.6 Å². The SMILES string of the molecule is Cc1nc(CC(=O)c2ccccc2)[nH]c(=O)c1S. The third-order valence-corrected chi connectivity index (χ3v) is 3.07. The Bertz CT molecular complexity index is 635. The zero-order valence-electron chi connectivity index (χ0n) is 9.80. The Morgan fingerprint density at radius 3 is 2.61 bits per heavy atom. The van der Waals surface area contributed by atoms with Gasteiger partial charge in [0.05, 0.1) is 17.0 Å². The van der Waals surface area contributed by atoms with Crippen LogP contribution in [0.25, 0.3) is 0 Å². The first kappa shape index (κ1) is 12.6. The molecule has 0 spiro atoms. The van der Waals surface area contributed by atoms with Crippen molar-refractivity contribution in [1.82, 2.24) is 9.97 Å². The summed E-state index contributed by atoms with van der Waals surface area (Å²) in [6.07, 6.45) is 0.0775. The summed E-state index contributed by atoms with van der Waals surface area (Å²) in [6, 6.07) is 8.91. The minimum absolute atomic E-state index is 0.0775. The lowest BCUT2D eigenvalue weighted by Crippen LogP contribution is -2.17. The van der Waals surface area contributed by atoms with Gasteiger partial charge in [-0.05, 0) is 6.92 Å². The lowest BCUT2D eigenvalue weighted by Gasteiger charge is -2.03. The molecule has 4 nitrogen and oxygen atoms in total. The minimum Gasteiger partial charge on any atom is -0.309 e. The number of ketones is 1. The molecular weight excluding hydrogens is 248 g/mol. The van der Waals surface area contributed by atoms with Crippen molar-refractivity contribution < 1.29 is 4.79 Å². The van der Waals surface area contributed by atoms with E-state index >= 15 is 0 Å². The molecule has 0 saturated carbocycles. The van der Waals surface area contributed by atoms with Gasteiger partial charge in [0.1, 0.15) is 5.82 Å². The Kier molecular flexibility index (Phi) is 3.62. The van der Waals surface area contributed by atoms with Crippen molar-refractivity contribution in [3.63, 3.8) is 0 Å². The zero-order valence-corrected chi connectivity index (χ0v) is 10.7. The average Bonchev–Trinajstić information content (AvgIpc) is 2.37. The molecule has 0 aliphatic heterocycles. The van der Waals surface area contributed by atoms with Crippen LogP contribution in [0.2, 0.25) is 0 Å². The van der Waals surface area contributed by atoms with Crippen LogP contribution in [-0.4, -0.2) is 15.8 Å². The van der Waals surface area contributed by atoms with Gasteiger partial charge in [-0.3, -0.25) is 9.59 Å². The predicted octanol–water partition coefficient (Wildman–Crippen LogP) is 1.79. The van der Waals surface area contributed by atoms with Crippen LogP contribution in [0.5, 0.6) is 0 Å². The van der Waals surface area contributed by atoms with Crippen molar-refractivity contribution >= 4 is 18.4 Å². The van der Waals surface area contributed by atoms with Gasteiger partial charge < -0.3 is 4.98 Å². The van der Waals surface area contributed by atoms with Crippen LogP contribution in [0.1, 0.15) is 21.9 Å². The van der Waals surface area contributed by atoms with Gasteiger partial charge in [0.2, 0.25) is 0 Å². The second-order valence-electron chi connectivity index (χ2n) is 3.91. The first-order chi connectivity index (χ1) is 8.58. The van der Waals surface area contributed by atoms with E-state index in [9.17, 15) is 9.59 Å². The smallest absolute Gasteiger partial charge is 0.264 e. The Morgan fingerprint density at radius 1 is 1.33 bits per heavy atom. The molecule has 1 aromatic heterocycles. The fraction of sp³-hybridized carbons (Fsp3) is 0.154. The van der Waals surface area contributed by atoms with Crippen LogP contribution in [0.3, 0.4) is 0 Å². The average molecular weight is 260 g/mol. The van der Waals surface area contributed by atoms with Gasteiger partial charge in [0, 0.05) is 5.56 Å². The van der Waals surface area contributed by atoms with E-state index in [0.717, 1.165) is 0 Å². The summed E-state index contributed by atoms with van der Waals surface area (Å²) in [5, 5.41) is 0. The number of nitrogens with zero attached hydrogens (tertiary/aromatic N) is 1. The first-order valence-electron chi connectivity index (χ1n) is 5.45. The van der Waals surface area contributed by atoms with Crippen LogP contribution in [0.15, 0.2) is 40.0 Å². The monoisotopic (exact) mass is 260 g/mol. The molecule has 1 heterocycles. The van der Waals surface area contributed by atoms with Crippen LogP contribution in [0.4, 0.5) is 0 Å². The molecule has 5 heteroatoms. The summed E-state index contributed by atoms with van der Waals surface area (Å²) in [6.45, 7) is 1.69. The van der Waals surface area contributed by atoms with E-state index in [-0.39, 0.29) is 22.7 Å². The van der Waals surface area contributed by atoms with E-state index in [1.54, 1.807) is 31.2 Å². The molecule has 0 fully saturated rings. The van der Waals surface area contributed by atoms with E-state index in [0.29, 0.717) is 17.1 Å². The Morgan fingerprint density at radius 2 is 2.00 bits per heavy atom. The van der Waals surface area contributed by atoms with E-state index < -0.39 is 0 Å². The molecule has 2 rings (SSSR count). The highest BCUT2D eigenvalue weighted by Gasteiger charge is 2.10. The number of benzene rings is 1. The summed E-state index contributed by atoms with van der Waals surface area (Å²) in [5.74, 6) is 0.286. The van der Waals surface area contributed by atoms with Crippen molar-refractivity contribution in [2.45, 2.75) is 18.2 Å². The van der Waals surface area contributed by atoms with Gasteiger partial charge in [0.25, 0.3) is 5.56 Å². The van der Waals surface area contributed by atoms with E-state index in [1.807, 2.05) is 6.07 Å². The number of carbonyl (C=O) groups excluding carboxylic acids is 1. The molecule has 92 valence electrons. The maximum Gasteiger partial charge on any atom is 0.264 e. The number of Topliss-reactive ketones (excluding diaryl/α,β-unsaturated/α-hetero) is 1. The van der Waals surface area contributed by atoms with Crippen molar-refractivity contribution in [3.8, 4) is 0 Å². The second-order valence-corrected chi connectivity index (χ2v) is 4.36. The van der Waals surface area contributed by atoms with Gasteiger partial charge in [-0.25, -0.2) is 4.98 Å². The molecule has 0 unspecified atom stereocenters. The molecule has 1 aromatic carbocycles. The van der Waals surface area contributed by atoms with Crippen LogP contribution in [0, 0.1) is 6.92 Å². The maximum absolute atomic E-state index is 11.9. The highest BCUT2D eigenvalue weighted by atomic mass is 32.1. The number of hydrogen-bond acceptors (Lipinski definition) is 4. The van der Waals surface area contributed by atoms with Crippen LogP contribution < -0.4 is 5.56 Å². The molecule has 0 atom stereocenters. The number of rotatable bonds is 3. The number of carbonyl (C=O) groups is 1. The van der Waals surface area contributed by atoms with Gasteiger partial charge in [-0.15, -0.1) is 12.6 Å². The predicted molar refractivity (Wildman–Crippen MR) is 71.3 cm³/mol. The summed E-state index contributed by atoms with van der Waals surface area (Å²) in [4.78, 5) is 30.4. The number of aryl methyl sites for hydroxylation is 1. The molecule has 0 radical (unpaired) electrons. The summed E-state index contributed by atoms with van der Waals surface area (Å²) in [7, 11) is 0. The highest BCUT2D eigenvalue weighted by Crippen LogP contribution is 2.06. The number of H-pyrrole nitrogens is 1. The summed E-state index contributed by atoms with van der Waals surface area (Å²) in [5.41, 5.74) is 0.812. The number of aromatic amines is 1. The topological polar surface area (TPSA) is 62.8 Å². The van der Waals surface area contributed by atoms with Gasteiger partial charge in [-0.1, -0.05) is 30.3 Å². The lowest BCUT2D eigenvalue weighted by molar-refractivity contribution is 0.0990. The molecular formula is C13H12N2O2S. The number of aromatic nitrogens is 2. The Hall–Kier alpha value is -1.88. The number of thiol groups is 1. The Labute approximate surface area is 110 Å². The van der Waals surface area contributed by atoms with Gasteiger partial charge in [-0.2, -0.15) is 0 Å². The normalized spacial score (nSPS) is 10.3. The quantitative estimate of drug-likeness (QED) is 0.653. The van der Waals surface area contributed by atoms with E-state index in [4.69, 9.17) is 0 Å². The van der Waals surface area contributed by atoms with Crippen LogP contribution in [-0.2, 0) is 6.42 Å². The first-order valence-corrected chi connectivity index (χ1v) is 5.89. The fourth-order valence-electron chi connectivity index (χ4n) is 1.60. The maximum atomic E-state index is 11.9. The molecule has 0 bridgehead atoms. The molecule has 0 aliphatic rings. The largest absolute Gasteiger partial charge is 0.309 e. The molecule has 0 aliphatic carbocycles. The van der Waals surface area contributed by atoms with Crippen molar-refractivity contribution in [1.29, 1.82) is 0 Å². The molecule has 0 amide bonds. The Balaban J connectivity index is 2.25. The second kappa shape index (κ2) is 5.18. The van der Waals surface area contributed by atoms with Crippen molar-refractivity contribution in [3.05, 3.63) is 57.8 Å². The summed E-state index contributed by atoms with van der Waals surface area (Å²) >= 11 is 4.03. The fourth-order valence-corrected chi connectivity index (χ4v) is 1.71. The van der Waals surface area contributed by atoms with Crippen LogP contribution >= 0.6 is 12.6 Å². The molecule has 1 N–H and O–H groups in total.